The Labute approximate surface area is 125 Å². The first-order valence-electron chi connectivity index (χ1n) is 7.65. The molecule has 3 rings (SSSR count). The minimum absolute atomic E-state index is 0.115. The molecule has 1 saturated carbocycles. The van der Waals surface area contributed by atoms with Crippen LogP contribution in [0.15, 0.2) is 12.1 Å². The van der Waals surface area contributed by atoms with Crippen molar-refractivity contribution in [2.45, 2.75) is 38.3 Å². The normalized spacial score (nSPS) is 25.1. The SMILES string of the molecule is COc1cc(C(CN)NC2CCC(C)C2)cc2c1OCO2. The number of rotatable bonds is 5. The van der Waals surface area contributed by atoms with Crippen LogP contribution >= 0.6 is 0 Å². The second-order valence-corrected chi connectivity index (χ2v) is 6.03. The average Bonchev–Trinajstić information content (AvgIpc) is 3.12. The van der Waals surface area contributed by atoms with Crippen LogP contribution in [0.4, 0.5) is 0 Å². The van der Waals surface area contributed by atoms with Crippen LogP contribution in [0.5, 0.6) is 17.2 Å². The van der Waals surface area contributed by atoms with Crippen LogP contribution < -0.4 is 25.3 Å². The number of nitrogens with one attached hydrogen (secondary N) is 1. The molecule has 1 fully saturated rings. The molecule has 1 aliphatic carbocycles. The van der Waals surface area contributed by atoms with E-state index in [9.17, 15) is 0 Å². The quantitative estimate of drug-likeness (QED) is 0.871. The van der Waals surface area contributed by atoms with Gasteiger partial charge in [0.1, 0.15) is 0 Å². The molecule has 0 amide bonds. The highest BCUT2D eigenvalue weighted by Gasteiger charge is 2.26. The van der Waals surface area contributed by atoms with Crippen LogP contribution in [-0.4, -0.2) is 26.5 Å². The van der Waals surface area contributed by atoms with E-state index in [0.29, 0.717) is 24.1 Å². The number of methoxy groups -OCH3 is 1. The molecule has 3 atom stereocenters. The Morgan fingerprint density at radius 1 is 1.38 bits per heavy atom. The van der Waals surface area contributed by atoms with Gasteiger partial charge in [-0.3, -0.25) is 0 Å². The molecule has 0 bridgehead atoms. The smallest absolute Gasteiger partial charge is 0.231 e. The number of hydrogen-bond donors (Lipinski definition) is 2. The summed E-state index contributed by atoms with van der Waals surface area (Å²) >= 11 is 0. The number of hydrogen-bond acceptors (Lipinski definition) is 5. The number of benzene rings is 1. The fraction of sp³-hybridized carbons (Fsp3) is 0.625. The van der Waals surface area contributed by atoms with Crippen LogP contribution in [0.1, 0.15) is 37.8 Å². The maximum atomic E-state index is 5.98. The molecule has 0 saturated heterocycles. The van der Waals surface area contributed by atoms with Crippen LogP contribution in [0.25, 0.3) is 0 Å². The second-order valence-electron chi connectivity index (χ2n) is 6.03. The van der Waals surface area contributed by atoms with E-state index in [2.05, 4.69) is 12.2 Å². The van der Waals surface area contributed by atoms with Gasteiger partial charge in [-0.05, 0) is 42.9 Å². The van der Waals surface area contributed by atoms with Crippen molar-refractivity contribution >= 4 is 0 Å². The standard InChI is InChI=1S/C16H24N2O3/c1-10-3-4-12(5-10)18-13(8-17)11-6-14(19-2)16-15(7-11)20-9-21-16/h6-7,10,12-13,18H,3-5,8-9,17H2,1-2H3. The van der Waals surface area contributed by atoms with Crippen LogP contribution in [-0.2, 0) is 0 Å². The molecule has 21 heavy (non-hydrogen) atoms. The molecule has 1 aromatic carbocycles. The third kappa shape index (κ3) is 2.94. The monoisotopic (exact) mass is 292 g/mol. The largest absolute Gasteiger partial charge is 0.493 e. The molecule has 0 aromatic heterocycles. The minimum Gasteiger partial charge on any atom is -0.493 e. The van der Waals surface area contributed by atoms with Crippen molar-refractivity contribution in [1.82, 2.24) is 5.32 Å². The first kappa shape index (κ1) is 14.5. The fourth-order valence-corrected chi connectivity index (χ4v) is 3.29. The molecule has 3 unspecified atom stereocenters. The number of fused-ring (bicyclic) bond motifs is 1. The Hall–Kier alpha value is -1.46. The van der Waals surface area contributed by atoms with Crippen molar-refractivity contribution in [3.8, 4) is 17.2 Å². The zero-order chi connectivity index (χ0) is 14.8. The van der Waals surface area contributed by atoms with E-state index in [-0.39, 0.29) is 12.8 Å². The molecular formula is C16H24N2O3. The van der Waals surface area contributed by atoms with Crippen LogP contribution in [0.2, 0.25) is 0 Å². The molecule has 116 valence electrons. The topological polar surface area (TPSA) is 65.7 Å². The molecule has 2 aliphatic rings. The Balaban J connectivity index is 1.80. The first-order valence-corrected chi connectivity index (χ1v) is 7.65. The summed E-state index contributed by atoms with van der Waals surface area (Å²) in [5.74, 6) is 2.93. The van der Waals surface area contributed by atoms with Gasteiger partial charge in [-0.25, -0.2) is 0 Å². The summed E-state index contributed by atoms with van der Waals surface area (Å²) in [6.07, 6.45) is 3.73. The third-order valence-corrected chi connectivity index (χ3v) is 4.45. The highest BCUT2D eigenvalue weighted by atomic mass is 16.7. The van der Waals surface area contributed by atoms with E-state index in [4.69, 9.17) is 19.9 Å². The Morgan fingerprint density at radius 2 is 2.24 bits per heavy atom. The molecular weight excluding hydrogens is 268 g/mol. The summed E-state index contributed by atoms with van der Waals surface area (Å²) in [7, 11) is 1.64. The predicted octanol–water partition coefficient (Wildman–Crippen LogP) is 2.20. The van der Waals surface area contributed by atoms with E-state index in [1.54, 1.807) is 7.11 Å². The Morgan fingerprint density at radius 3 is 2.90 bits per heavy atom. The van der Waals surface area contributed by atoms with Gasteiger partial charge in [-0.15, -0.1) is 0 Å². The lowest BCUT2D eigenvalue weighted by molar-refractivity contribution is 0.171. The average molecular weight is 292 g/mol. The van der Waals surface area contributed by atoms with Gasteiger partial charge in [0, 0.05) is 18.6 Å². The number of nitrogens with two attached hydrogens (primary N) is 1. The van der Waals surface area contributed by atoms with Gasteiger partial charge >= 0.3 is 0 Å². The summed E-state index contributed by atoms with van der Waals surface area (Å²) in [4.78, 5) is 0. The van der Waals surface area contributed by atoms with Crippen LogP contribution in [0, 0.1) is 5.92 Å². The second kappa shape index (κ2) is 6.12. The summed E-state index contributed by atoms with van der Waals surface area (Å²) in [5.41, 5.74) is 7.07. The lowest BCUT2D eigenvalue weighted by Crippen LogP contribution is -2.35. The highest BCUT2D eigenvalue weighted by molar-refractivity contribution is 5.55. The van der Waals surface area contributed by atoms with E-state index in [1.165, 1.54) is 19.3 Å². The fourth-order valence-electron chi connectivity index (χ4n) is 3.29. The molecule has 5 nitrogen and oxygen atoms in total. The third-order valence-electron chi connectivity index (χ3n) is 4.45. The zero-order valence-corrected chi connectivity index (χ0v) is 12.7. The predicted molar refractivity (Wildman–Crippen MR) is 80.9 cm³/mol. The Bertz CT molecular complexity index is 507. The van der Waals surface area contributed by atoms with Crippen molar-refractivity contribution in [3.63, 3.8) is 0 Å². The van der Waals surface area contributed by atoms with Crippen molar-refractivity contribution in [3.05, 3.63) is 17.7 Å². The van der Waals surface area contributed by atoms with Gasteiger partial charge < -0.3 is 25.3 Å². The Kier molecular flexibility index (Phi) is 4.22. The van der Waals surface area contributed by atoms with E-state index in [1.807, 2.05) is 12.1 Å². The van der Waals surface area contributed by atoms with Crippen molar-refractivity contribution in [2.24, 2.45) is 11.7 Å². The summed E-state index contributed by atoms with van der Waals surface area (Å²) < 4.78 is 16.3. The van der Waals surface area contributed by atoms with Gasteiger partial charge in [-0.1, -0.05) is 6.92 Å². The lowest BCUT2D eigenvalue weighted by atomic mass is 10.0. The molecule has 1 aromatic rings. The van der Waals surface area contributed by atoms with Crippen molar-refractivity contribution in [1.29, 1.82) is 0 Å². The van der Waals surface area contributed by atoms with Crippen molar-refractivity contribution in [2.75, 3.05) is 20.4 Å². The highest BCUT2D eigenvalue weighted by Crippen LogP contribution is 2.43. The lowest BCUT2D eigenvalue weighted by Gasteiger charge is -2.23. The van der Waals surface area contributed by atoms with Gasteiger partial charge in [0.25, 0.3) is 0 Å². The van der Waals surface area contributed by atoms with Gasteiger partial charge in [0.15, 0.2) is 11.5 Å². The molecule has 0 spiro atoms. The molecule has 0 radical (unpaired) electrons. The number of ether oxygens (including phenoxy) is 3. The van der Waals surface area contributed by atoms with Gasteiger partial charge in [0.05, 0.1) is 7.11 Å². The van der Waals surface area contributed by atoms with E-state index >= 15 is 0 Å². The molecule has 3 N–H and O–H groups in total. The van der Waals surface area contributed by atoms with Gasteiger partial charge in [0.2, 0.25) is 12.5 Å². The molecule has 5 heteroatoms. The van der Waals surface area contributed by atoms with Crippen LogP contribution in [0.3, 0.4) is 0 Å². The molecule has 1 aliphatic heterocycles. The summed E-state index contributed by atoms with van der Waals surface area (Å²) in [6, 6.07) is 4.66. The van der Waals surface area contributed by atoms with Crippen molar-refractivity contribution < 1.29 is 14.2 Å². The van der Waals surface area contributed by atoms with Gasteiger partial charge in [-0.2, -0.15) is 0 Å². The summed E-state index contributed by atoms with van der Waals surface area (Å²) in [6.45, 7) is 3.10. The zero-order valence-electron chi connectivity index (χ0n) is 12.7. The van der Waals surface area contributed by atoms with E-state index < -0.39 is 0 Å². The maximum absolute atomic E-state index is 5.98. The summed E-state index contributed by atoms with van der Waals surface area (Å²) in [5, 5.41) is 3.68. The minimum atomic E-state index is 0.115. The maximum Gasteiger partial charge on any atom is 0.231 e. The first-order chi connectivity index (χ1) is 10.2. The van der Waals surface area contributed by atoms with E-state index in [0.717, 1.165) is 17.2 Å². The molecule has 1 heterocycles.